The van der Waals surface area contributed by atoms with Crippen LogP contribution in [0.25, 0.3) is 0 Å². The third-order valence-corrected chi connectivity index (χ3v) is 4.38. The lowest BCUT2D eigenvalue weighted by atomic mass is 10.1. The maximum atomic E-state index is 12.2. The van der Waals surface area contributed by atoms with Gasteiger partial charge in [0.15, 0.2) is 0 Å². The molecule has 4 nitrogen and oxygen atoms in total. The zero-order chi connectivity index (χ0) is 14.9. The highest BCUT2D eigenvalue weighted by molar-refractivity contribution is 5.84. The number of carbonyl (C=O) groups excluding carboxylic acids is 2. The summed E-state index contributed by atoms with van der Waals surface area (Å²) in [4.78, 5) is 23.6. The Morgan fingerprint density at radius 2 is 1.65 bits per heavy atom. The van der Waals surface area contributed by atoms with Gasteiger partial charge in [0.2, 0.25) is 11.8 Å². The monoisotopic (exact) mass is 278 g/mol. The normalized spacial score (nSPS) is 26.6. The van der Waals surface area contributed by atoms with Crippen LogP contribution in [0.1, 0.15) is 40.5 Å². The molecule has 0 aromatic carbocycles. The van der Waals surface area contributed by atoms with E-state index in [4.69, 9.17) is 0 Å². The Kier molecular flexibility index (Phi) is 4.21. The Morgan fingerprint density at radius 1 is 1.10 bits per heavy atom. The van der Waals surface area contributed by atoms with Crippen molar-refractivity contribution in [3.05, 3.63) is 11.6 Å². The largest absolute Gasteiger partial charge is 0.354 e. The molecule has 112 valence electrons. The summed E-state index contributed by atoms with van der Waals surface area (Å²) in [6.07, 6.45) is 4.22. The summed E-state index contributed by atoms with van der Waals surface area (Å²) in [7, 11) is 0. The maximum absolute atomic E-state index is 12.2. The van der Waals surface area contributed by atoms with Crippen LogP contribution in [0, 0.1) is 23.2 Å². The molecule has 2 fully saturated rings. The first-order valence-electron chi connectivity index (χ1n) is 7.54. The highest BCUT2D eigenvalue weighted by Crippen LogP contribution is 2.59. The van der Waals surface area contributed by atoms with Crippen LogP contribution in [0.4, 0.5) is 0 Å². The van der Waals surface area contributed by atoms with Crippen molar-refractivity contribution in [1.82, 2.24) is 10.6 Å². The molecule has 0 heterocycles. The van der Waals surface area contributed by atoms with Crippen LogP contribution in [0.2, 0.25) is 0 Å². The smallest absolute Gasteiger partial charge is 0.224 e. The number of rotatable bonds is 6. The Labute approximate surface area is 121 Å². The maximum Gasteiger partial charge on any atom is 0.224 e. The summed E-state index contributed by atoms with van der Waals surface area (Å²) in [5.74, 6) is 0.881. The molecule has 20 heavy (non-hydrogen) atoms. The Balaban J connectivity index is 1.70. The number of hydrogen-bond acceptors (Lipinski definition) is 2. The molecule has 2 aliphatic rings. The summed E-state index contributed by atoms with van der Waals surface area (Å²) in [6, 6.07) is 0. The van der Waals surface area contributed by atoms with Crippen molar-refractivity contribution in [1.29, 1.82) is 0 Å². The van der Waals surface area contributed by atoms with Crippen LogP contribution in [0.5, 0.6) is 0 Å². The van der Waals surface area contributed by atoms with E-state index in [1.807, 2.05) is 0 Å². The molecule has 2 amide bonds. The first-order chi connectivity index (χ1) is 9.34. The van der Waals surface area contributed by atoms with E-state index in [9.17, 15) is 9.59 Å². The van der Waals surface area contributed by atoms with Gasteiger partial charge in [0, 0.05) is 19.0 Å². The topological polar surface area (TPSA) is 58.2 Å². The fourth-order valence-corrected chi connectivity index (χ4v) is 2.82. The van der Waals surface area contributed by atoms with Gasteiger partial charge in [0.25, 0.3) is 0 Å². The van der Waals surface area contributed by atoms with Crippen LogP contribution < -0.4 is 10.6 Å². The molecule has 0 spiro atoms. The van der Waals surface area contributed by atoms with Crippen LogP contribution in [-0.4, -0.2) is 24.9 Å². The van der Waals surface area contributed by atoms with E-state index in [1.54, 1.807) is 0 Å². The number of hydrogen-bond donors (Lipinski definition) is 2. The molecule has 2 aliphatic carbocycles. The van der Waals surface area contributed by atoms with E-state index in [-0.39, 0.29) is 29.1 Å². The van der Waals surface area contributed by atoms with Gasteiger partial charge in [-0.1, -0.05) is 25.5 Å². The molecule has 0 aromatic heterocycles. The molecule has 0 saturated heterocycles. The Morgan fingerprint density at radius 3 is 2.15 bits per heavy atom. The lowest BCUT2D eigenvalue weighted by Gasteiger charge is -2.07. The van der Waals surface area contributed by atoms with E-state index >= 15 is 0 Å². The van der Waals surface area contributed by atoms with Gasteiger partial charge in [-0.05, 0) is 38.0 Å². The number of carbonyl (C=O) groups is 2. The Bertz CT molecular complexity index is 432. The van der Waals surface area contributed by atoms with Crippen molar-refractivity contribution in [2.24, 2.45) is 23.2 Å². The van der Waals surface area contributed by atoms with Gasteiger partial charge in [-0.15, -0.1) is 0 Å². The fraction of sp³-hybridized carbons (Fsp3) is 0.750. The molecule has 2 N–H and O–H groups in total. The molecule has 0 radical (unpaired) electrons. The standard InChI is InChI=1S/C16H26N2O2/c1-10(2)9-12-13(16(12,3)4)15(20)18-8-7-17-14(19)11-5-6-11/h9,11-13H,5-8H2,1-4H3,(H,17,19)(H,18,20)/t12-,13-/m1/s1. The third kappa shape index (κ3) is 3.41. The van der Waals surface area contributed by atoms with Gasteiger partial charge in [0.1, 0.15) is 0 Å². The van der Waals surface area contributed by atoms with Gasteiger partial charge in [-0.25, -0.2) is 0 Å². The zero-order valence-corrected chi connectivity index (χ0v) is 13.0. The number of nitrogens with one attached hydrogen (secondary N) is 2. The lowest BCUT2D eigenvalue weighted by Crippen LogP contribution is -2.36. The van der Waals surface area contributed by atoms with Crippen LogP contribution in [-0.2, 0) is 9.59 Å². The van der Waals surface area contributed by atoms with E-state index in [2.05, 4.69) is 44.4 Å². The molecule has 0 aliphatic heterocycles. The lowest BCUT2D eigenvalue weighted by molar-refractivity contribution is -0.124. The minimum atomic E-state index is 0.0542. The second-order valence-electron chi connectivity index (χ2n) is 6.93. The van der Waals surface area contributed by atoms with Crippen LogP contribution in [0.3, 0.4) is 0 Å². The summed E-state index contributed by atoms with van der Waals surface area (Å²) in [5, 5.41) is 5.79. The average Bonchev–Trinajstić information content (AvgIpc) is 3.22. The SMILES string of the molecule is CC(C)=C[C@@H]1[C@H](C(=O)NCCNC(=O)C2CC2)C1(C)C. The van der Waals surface area contributed by atoms with Crippen molar-refractivity contribution >= 4 is 11.8 Å². The summed E-state index contributed by atoms with van der Waals surface area (Å²) >= 11 is 0. The van der Waals surface area contributed by atoms with Crippen molar-refractivity contribution in [3.8, 4) is 0 Å². The van der Waals surface area contributed by atoms with E-state index in [0.29, 0.717) is 19.0 Å². The predicted octanol–water partition coefficient (Wildman–Crippen LogP) is 1.87. The second-order valence-corrected chi connectivity index (χ2v) is 6.93. The molecule has 2 saturated carbocycles. The number of allylic oxidation sites excluding steroid dienone is 2. The van der Waals surface area contributed by atoms with Crippen molar-refractivity contribution in [2.45, 2.75) is 40.5 Å². The molecular weight excluding hydrogens is 252 g/mol. The third-order valence-electron chi connectivity index (χ3n) is 4.38. The quantitative estimate of drug-likeness (QED) is 0.575. The minimum Gasteiger partial charge on any atom is -0.354 e. The van der Waals surface area contributed by atoms with E-state index in [0.717, 1.165) is 12.8 Å². The summed E-state index contributed by atoms with van der Waals surface area (Å²) in [5.41, 5.74) is 1.31. The highest BCUT2D eigenvalue weighted by Gasteiger charge is 2.60. The van der Waals surface area contributed by atoms with E-state index < -0.39 is 0 Å². The van der Waals surface area contributed by atoms with Gasteiger partial charge in [-0.3, -0.25) is 9.59 Å². The minimum absolute atomic E-state index is 0.0542. The summed E-state index contributed by atoms with van der Waals surface area (Å²) in [6.45, 7) is 9.45. The fourth-order valence-electron chi connectivity index (χ4n) is 2.82. The van der Waals surface area contributed by atoms with E-state index in [1.165, 1.54) is 5.57 Å². The Hall–Kier alpha value is -1.32. The van der Waals surface area contributed by atoms with Crippen molar-refractivity contribution in [3.63, 3.8) is 0 Å². The molecule has 2 rings (SSSR count). The molecule has 2 atom stereocenters. The predicted molar refractivity (Wildman–Crippen MR) is 78.9 cm³/mol. The van der Waals surface area contributed by atoms with Crippen molar-refractivity contribution in [2.75, 3.05) is 13.1 Å². The second kappa shape index (κ2) is 5.58. The summed E-state index contributed by atoms with van der Waals surface area (Å²) < 4.78 is 0. The van der Waals surface area contributed by atoms with Gasteiger partial charge in [0.05, 0.1) is 5.92 Å². The van der Waals surface area contributed by atoms with Crippen molar-refractivity contribution < 1.29 is 9.59 Å². The van der Waals surface area contributed by atoms with Crippen LogP contribution >= 0.6 is 0 Å². The molecule has 4 heteroatoms. The first-order valence-corrected chi connectivity index (χ1v) is 7.54. The highest BCUT2D eigenvalue weighted by atomic mass is 16.2. The average molecular weight is 278 g/mol. The van der Waals surface area contributed by atoms with Crippen LogP contribution in [0.15, 0.2) is 11.6 Å². The molecule has 0 aromatic rings. The van der Waals surface area contributed by atoms with Gasteiger partial charge >= 0.3 is 0 Å². The molecule has 0 unspecified atom stereocenters. The zero-order valence-electron chi connectivity index (χ0n) is 13.0. The first kappa shape index (κ1) is 15.1. The van der Waals surface area contributed by atoms with Gasteiger partial charge < -0.3 is 10.6 Å². The molecular formula is C16H26N2O2. The molecule has 0 bridgehead atoms. The van der Waals surface area contributed by atoms with Gasteiger partial charge in [-0.2, -0.15) is 0 Å². The number of amides is 2.